The minimum atomic E-state index is 0.183. The molecule has 82 valence electrons. The van der Waals surface area contributed by atoms with Crippen LogP contribution < -0.4 is 5.32 Å². The maximum Gasteiger partial charge on any atom is 0.0500 e. The highest BCUT2D eigenvalue weighted by molar-refractivity contribution is 4.89. The summed E-state index contributed by atoms with van der Waals surface area (Å²) in [7, 11) is 0. The second-order valence-electron chi connectivity index (χ2n) is 4.84. The number of nitrogens with one attached hydrogen (secondary N) is 1. The minimum absolute atomic E-state index is 0.183. The van der Waals surface area contributed by atoms with E-state index in [0.29, 0.717) is 6.61 Å². The molecule has 3 heteroatoms. The molecule has 2 heterocycles. The van der Waals surface area contributed by atoms with Crippen LogP contribution in [0.2, 0.25) is 0 Å². The third-order valence-corrected chi connectivity index (χ3v) is 3.73. The molecule has 2 aliphatic heterocycles. The summed E-state index contributed by atoms with van der Waals surface area (Å²) < 4.78 is 5.35. The number of aliphatic hydroxyl groups excluding tert-OH is 1. The first-order valence-corrected chi connectivity index (χ1v) is 5.74. The highest BCUT2D eigenvalue weighted by Gasteiger charge is 2.35. The molecule has 2 aliphatic rings. The van der Waals surface area contributed by atoms with Crippen LogP contribution in [0.3, 0.4) is 0 Å². The van der Waals surface area contributed by atoms with Gasteiger partial charge in [0.05, 0.1) is 0 Å². The van der Waals surface area contributed by atoms with Gasteiger partial charge in [-0.25, -0.2) is 0 Å². The Kier molecular flexibility index (Phi) is 3.42. The molecule has 0 bridgehead atoms. The lowest BCUT2D eigenvalue weighted by Crippen LogP contribution is -2.32. The number of hydrogen-bond donors (Lipinski definition) is 2. The summed E-state index contributed by atoms with van der Waals surface area (Å²) in [5.41, 5.74) is 0.183. The van der Waals surface area contributed by atoms with E-state index < -0.39 is 0 Å². The van der Waals surface area contributed by atoms with E-state index in [1.165, 1.54) is 19.3 Å². The quantitative estimate of drug-likeness (QED) is 0.705. The Bertz CT molecular complexity index is 172. The van der Waals surface area contributed by atoms with Crippen LogP contribution in [0.1, 0.15) is 25.7 Å². The zero-order valence-corrected chi connectivity index (χ0v) is 8.80. The molecule has 0 spiro atoms. The van der Waals surface area contributed by atoms with Gasteiger partial charge in [0, 0.05) is 31.8 Å². The van der Waals surface area contributed by atoms with Gasteiger partial charge in [-0.2, -0.15) is 0 Å². The van der Waals surface area contributed by atoms with E-state index in [1.54, 1.807) is 0 Å². The Balaban J connectivity index is 1.86. The highest BCUT2D eigenvalue weighted by Crippen LogP contribution is 2.35. The van der Waals surface area contributed by atoms with Crippen molar-refractivity contribution in [3.8, 4) is 0 Å². The van der Waals surface area contributed by atoms with Crippen molar-refractivity contribution in [2.45, 2.75) is 25.7 Å². The molecule has 1 unspecified atom stereocenters. The van der Waals surface area contributed by atoms with Crippen molar-refractivity contribution < 1.29 is 9.84 Å². The van der Waals surface area contributed by atoms with E-state index >= 15 is 0 Å². The normalized spacial score (nSPS) is 34.9. The summed E-state index contributed by atoms with van der Waals surface area (Å²) in [5.74, 6) is 0.774. The van der Waals surface area contributed by atoms with Gasteiger partial charge in [-0.1, -0.05) is 0 Å². The monoisotopic (exact) mass is 199 g/mol. The lowest BCUT2D eigenvalue weighted by atomic mass is 9.77. The lowest BCUT2D eigenvalue weighted by Gasteiger charge is -2.32. The van der Waals surface area contributed by atoms with Crippen LogP contribution in [0.4, 0.5) is 0 Å². The molecular weight excluding hydrogens is 178 g/mol. The zero-order chi connectivity index (χ0) is 9.86. The summed E-state index contributed by atoms with van der Waals surface area (Å²) in [6.45, 7) is 4.25. The van der Waals surface area contributed by atoms with E-state index in [9.17, 15) is 5.11 Å². The van der Waals surface area contributed by atoms with Gasteiger partial charge in [0.25, 0.3) is 0 Å². The van der Waals surface area contributed by atoms with E-state index in [1.807, 2.05) is 0 Å². The van der Waals surface area contributed by atoms with Crippen LogP contribution in [0.15, 0.2) is 0 Å². The van der Waals surface area contributed by atoms with Gasteiger partial charge < -0.3 is 15.2 Å². The fourth-order valence-electron chi connectivity index (χ4n) is 2.73. The summed E-state index contributed by atoms with van der Waals surface area (Å²) in [4.78, 5) is 0. The molecule has 1 atom stereocenters. The zero-order valence-electron chi connectivity index (χ0n) is 8.80. The molecule has 14 heavy (non-hydrogen) atoms. The first kappa shape index (κ1) is 10.4. The summed E-state index contributed by atoms with van der Waals surface area (Å²) >= 11 is 0. The van der Waals surface area contributed by atoms with Crippen LogP contribution in [0.25, 0.3) is 0 Å². The molecule has 0 aliphatic carbocycles. The number of rotatable bonds is 3. The van der Waals surface area contributed by atoms with Crippen LogP contribution in [0.5, 0.6) is 0 Å². The molecule has 0 aromatic rings. The second kappa shape index (κ2) is 4.60. The Morgan fingerprint density at radius 3 is 2.71 bits per heavy atom. The van der Waals surface area contributed by atoms with Crippen molar-refractivity contribution in [3.05, 3.63) is 0 Å². The molecule has 0 amide bonds. The molecule has 0 aromatic carbocycles. The number of hydrogen-bond acceptors (Lipinski definition) is 3. The SMILES string of the molecule is OCC1(CC2CCOCC2)CCNC1. The maximum absolute atomic E-state index is 9.48. The van der Waals surface area contributed by atoms with Gasteiger partial charge in [0.2, 0.25) is 0 Å². The predicted octanol–water partition coefficient (Wildman–Crippen LogP) is 0.775. The Labute approximate surface area is 85.8 Å². The van der Waals surface area contributed by atoms with E-state index in [2.05, 4.69) is 5.32 Å². The number of aliphatic hydroxyl groups is 1. The number of ether oxygens (including phenoxy) is 1. The fraction of sp³-hybridized carbons (Fsp3) is 1.00. The minimum Gasteiger partial charge on any atom is -0.396 e. The standard InChI is InChI=1S/C11H21NO2/c13-9-11(3-4-12-8-11)7-10-1-5-14-6-2-10/h10,12-13H,1-9H2. The predicted molar refractivity (Wildman–Crippen MR) is 55.2 cm³/mol. The van der Waals surface area contributed by atoms with Crippen LogP contribution >= 0.6 is 0 Å². The van der Waals surface area contributed by atoms with Crippen molar-refractivity contribution in [2.75, 3.05) is 32.9 Å². The third kappa shape index (κ3) is 2.27. The van der Waals surface area contributed by atoms with Crippen LogP contribution in [-0.4, -0.2) is 38.0 Å². The third-order valence-electron chi connectivity index (χ3n) is 3.73. The molecule has 2 saturated heterocycles. The molecule has 3 nitrogen and oxygen atoms in total. The average Bonchev–Trinajstić information content (AvgIpc) is 2.69. The highest BCUT2D eigenvalue weighted by atomic mass is 16.5. The topological polar surface area (TPSA) is 41.5 Å². The van der Waals surface area contributed by atoms with E-state index in [4.69, 9.17) is 4.74 Å². The summed E-state index contributed by atoms with van der Waals surface area (Å²) in [6.07, 6.45) is 4.68. The molecule has 0 radical (unpaired) electrons. The van der Waals surface area contributed by atoms with E-state index in [0.717, 1.165) is 38.6 Å². The molecule has 2 rings (SSSR count). The first-order chi connectivity index (χ1) is 6.85. The van der Waals surface area contributed by atoms with E-state index in [-0.39, 0.29) is 5.41 Å². The molecule has 2 fully saturated rings. The van der Waals surface area contributed by atoms with Gasteiger partial charge in [0.15, 0.2) is 0 Å². The van der Waals surface area contributed by atoms with Crippen molar-refractivity contribution in [1.29, 1.82) is 0 Å². The van der Waals surface area contributed by atoms with Crippen LogP contribution in [0, 0.1) is 11.3 Å². The van der Waals surface area contributed by atoms with Gasteiger partial charge in [0.1, 0.15) is 0 Å². The average molecular weight is 199 g/mol. The molecule has 0 saturated carbocycles. The first-order valence-electron chi connectivity index (χ1n) is 5.74. The molecular formula is C11H21NO2. The van der Waals surface area contributed by atoms with Crippen molar-refractivity contribution in [3.63, 3.8) is 0 Å². The second-order valence-corrected chi connectivity index (χ2v) is 4.84. The van der Waals surface area contributed by atoms with Gasteiger partial charge in [-0.3, -0.25) is 0 Å². The Morgan fingerprint density at radius 2 is 2.14 bits per heavy atom. The van der Waals surface area contributed by atoms with Crippen molar-refractivity contribution >= 4 is 0 Å². The summed E-state index contributed by atoms with van der Waals surface area (Å²) in [6, 6.07) is 0. The van der Waals surface area contributed by atoms with Gasteiger partial charge in [-0.15, -0.1) is 0 Å². The van der Waals surface area contributed by atoms with Crippen molar-refractivity contribution in [1.82, 2.24) is 5.32 Å². The summed E-state index contributed by atoms with van der Waals surface area (Å²) in [5, 5.41) is 12.8. The lowest BCUT2D eigenvalue weighted by molar-refractivity contribution is 0.0357. The molecule has 0 aromatic heterocycles. The maximum atomic E-state index is 9.48. The molecule has 2 N–H and O–H groups in total. The van der Waals surface area contributed by atoms with Crippen molar-refractivity contribution in [2.24, 2.45) is 11.3 Å². The smallest absolute Gasteiger partial charge is 0.0500 e. The van der Waals surface area contributed by atoms with Gasteiger partial charge >= 0.3 is 0 Å². The largest absolute Gasteiger partial charge is 0.396 e. The fourth-order valence-corrected chi connectivity index (χ4v) is 2.73. The van der Waals surface area contributed by atoms with Crippen LogP contribution in [-0.2, 0) is 4.74 Å². The Hall–Kier alpha value is -0.120. The Morgan fingerprint density at radius 1 is 1.36 bits per heavy atom. The van der Waals surface area contributed by atoms with Gasteiger partial charge in [-0.05, 0) is 38.1 Å².